The fourth-order valence-electron chi connectivity index (χ4n) is 2.11. The van der Waals surface area contributed by atoms with Crippen LogP contribution in [0.2, 0.25) is 10.0 Å². The highest BCUT2D eigenvalue weighted by atomic mass is 35.5. The molecule has 0 unspecified atom stereocenters. The van der Waals surface area contributed by atoms with E-state index in [1.165, 1.54) is 25.9 Å². The highest BCUT2D eigenvalue weighted by Crippen LogP contribution is 2.32. The maximum atomic E-state index is 6.09. The number of nitrogens with one attached hydrogen (secondary N) is 1. The van der Waals surface area contributed by atoms with Gasteiger partial charge in [-0.15, -0.1) is 0 Å². The number of anilines is 2. The lowest BCUT2D eigenvalue weighted by molar-refractivity contribution is 0.352. The summed E-state index contributed by atoms with van der Waals surface area (Å²) in [7, 11) is 0. The first-order chi connectivity index (χ1) is 8.16. The van der Waals surface area contributed by atoms with Crippen molar-refractivity contribution < 1.29 is 0 Å². The third kappa shape index (κ3) is 3.41. The van der Waals surface area contributed by atoms with Crippen molar-refractivity contribution >= 4 is 34.6 Å². The molecule has 0 radical (unpaired) electrons. The Morgan fingerprint density at radius 1 is 1.18 bits per heavy atom. The fourth-order valence-corrected chi connectivity index (χ4v) is 2.74. The Bertz CT molecular complexity index is 366. The summed E-state index contributed by atoms with van der Waals surface area (Å²) in [5.74, 6) is 0. The molecule has 3 N–H and O–H groups in total. The lowest BCUT2D eigenvalue weighted by atomic mass is 10.3. The summed E-state index contributed by atoms with van der Waals surface area (Å²) in [5.41, 5.74) is 7.02. The van der Waals surface area contributed by atoms with Crippen LogP contribution in [0.5, 0.6) is 0 Å². The second-order valence-electron chi connectivity index (χ2n) is 4.34. The van der Waals surface area contributed by atoms with Crippen molar-refractivity contribution in [2.45, 2.75) is 12.8 Å². The van der Waals surface area contributed by atoms with Crippen molar-refractivity contribution in [1.29, 1.82) is 0 Å². The van der Waals surface area contributed by atoms with Crippen molar-refractivity contribution in [3.63, 3.8) is 0 Å². The van der Waals surface area contributed by atoms with Gasteiger partial charge in [-0.2, -0.15) is 0 Å². The van der Waals surface area contributed by atoms with E-state index in [0.717, 1.165) is 18.8 Å². The molecule has 1 fully saturated rings. The normalized spacial score (nSPS) is 16.4. The number of hydrogen-bond acceptors (Lipinski definition) is 3. The lowest BCUT2D eigenvalue weighted by Gasteiger charge is -2.16. The van der Waals surface area contributed by atoms with Gasteiger partial charge in [0.2, 0.25) is 0 Å². The minimum absolute atomic E-state index is 0.580. The van der Waals surface area contributed by atoms with E-state index in [1.807, 2.05) is 0 Å². The molecule has 0 amide bonds. The minimum Gasteiger partial charge on any atom is -0.399 e. The highest BCUT2D eigenvalue weighted by Gasteiger charge is 2.11. The number of nitrogens with zero attached hydrogens (tertiary/aromatic N) is 1. The second kappa shape index (κ2) is 5.80. The first kappa shape index (κ1) is 12.8. The first-order valence-corrected chi connectivity index (χ1v) is 6.63. The maximum Gasteiger partial charge on any atom is 0.0720 e. The van der Waals surface area contributed by atoms with E-state index < -0.39 is 0 Å². The van der Waals surface area contributed by atoms with Gasteiger partial charge in [-0.05, 0) is 38.1 Å². The SMILES string of the molecule is Nc1cc(Cl)c(NCCN2CCCC2)c(Cl)c1. The van der Waals surface area contributed by atoms with Crippen LogP contribution in [0.25, 0.3) is 0 Å². The molecule has 17 heavy (non-hydrogen) atoms. The van der Waals surface area contributed by atoms with Gasteiger partial charge in [0.05, 0.1) is 15.7 Å². The fraction of sp³-hybridized carbons (Fsp3) is 0.500. The van der Waals surface area contributed by atoms with Crippen molar-refractivity contribution in [2.24, 2.45) is 0 Å². The number of hydrogen-bond donors (Lipinski definition) is 2. The molecule has 1 aromatic rings. The van der Waals surface area contributed by atoms with Gasteiger partial charge in [-0.3, -0.25) is 0 Å². The van der Waals surface area contributed by atoms with Crippen LogP contribution in [0.4, 0.5) is 11.4 Å². The van der Waals surface area contributed by atoms with Crippen LogP contribution >= 0.6 is 23.2 Å². The predicted octanol–water partition coefficient (Wildman–Crippen LogP) is 3.08. The van der Waals surface area contributed by atoms with Gasteiger partial charge in [-0.1, -0.05) is 23.2 Å². The molecule has 0 aliphatic carbocycles. The summed E-state index contributed by atoms with van der Waals surface area (Å²) in [6.45, 7) is 4.27. The molecule has 5 heteroatoms. The molecule has 1 aromatic carbocycles. The zero-order valence-electron chi connectivity index (χ0n) is 9.68. The van der Waals surface area contributed by atoms with Crippen LogP contribution in [0, 0.1) is 0 Å². The quantitative estimate of drug-likeness (QED) is 0.829. The Morgan fingerprint density at radius 3 is 2.35 bits per heavy atom. The van der Waals surface area contributed by atoms with Gasteiger partial charge in [-0.25, -0.2) is 0 Å². The average Bonchev–Trinajstić information content (AvgIpc) is 2.74. The summed E-state index contributed by atoms with van der Waals surface area (Å²) >= 11 is 12.2. The number of halogens is 2. The third-order valence-corrected chi connectivity index (χ3v) is 3.59. The number of rotatable bonds is 4. The average molecular weight is 274 g/mol. The molecular formula is C12H17Cl2N3. The maximum absolute atomic E-state index is 6.09. The molecule has 0 spiro atoms. The standard InChI is InChI=1S/C12H17Cl2N3/c13-10-7-9(15)8-11(14)12(10)16-3-6-17-4-1-2-5-17/h7-8,16H,1-6,15H2. The minimum atomic E-state index is 0.580. The van der Waals surface area contributed by atoms with E-state index in [0.29, 0.717) is 15.7 Å². The van der Waals surface area contributed by atoms with Crippen molar-refractivity contribution in [3.8, 4) is 0 Å². The molecular weight excluding hydrogens is 257 g/mol. The molecule has 1 aliphatic heterocycles. The third-order valence-electron chi connectivity index (χ3n) is 2.99. The summed E-state index contributed by atoms with van der Waals surface area (Å²) in [5, 5.41) is 4.43. The van der Waals surface area contributed by atoms with Gasteiger partial charge >= 0.3 is 0 Å². The van der Waals surface area contributed by atoms with Crippen LogP contribution in [0.1, 0.15) is 12.8 Å². The van der Waals surface area contributed by atoms with Crippen LogP contribution in [0.15, 0.2) is 12.1 Å². The monoisotopic (exact) mass is 273 g/mol. The summed E-state index contributed by atoms with van der Waals surface area (Å²) in [6, 6.07) is 3.43. The van der Waals surface area contributed by atoms with Crippen LogP contribution in [-0.2, 0) is 0 Å². The summed E-state index contributed by atoms with van der Waals surface area (Å²) in [4.78, 5) is 2.44. The Hall–Kier alpha value is -0.640. The van der Waals surface area contributed by atoms with Gasteiger partial charge in [0.15, 0.2) is 0 Å². The number of benzene rings is 1. The molecule has 3 nitrogen and oxygen atoms in total. The van der Waals surface area contributed by atoms with E-state index in [9.17, 15) is 0 Å². The van der Waals surface area contributed by atoms with Gasteiger partial charge in [0, 0.05) is 18.8 Å². The molecule has 0 saturated carbocycles. The molecule has 1 aliphatic rings. The van der Waals surface area contributed by atoms with Crippen molar-refractivity contribution in [2.75, 3.05) is 37.2 Å². The topological polar surface area (TPSA) is 41.3 Å². The summed E-state index contributed by atoms with van der Waals surface area (Å²) < 4.78 is 0. The number of nitrogens with two attached hydrogens (primary N) is 1. The summed E-state index contributed by atoms with van der Waals surface area (Å²) in [6.07, 6.45) is 2.62. The highest BCUT2D eigenvalue weighted by molar-refractivity contribution is 6.39. The molecule has 2 rings (SSSR count). The number of likely N-dealkylation sites (tertiary alicyclic amines) is 1. The van der Waals surface area contributed by atoms with Crippen molar-refractivity contribution in [1.82, 2.24) is 4.90 Å². The smallest absolute Gasteiger partial charge is 0.0720 e. The Morgan fingerprint density at radius 2 is 1.76 bits per heavy atom. The van der Waals surface area contributed by atoms with Crippen molar-refractivity contribution in [3.05, 3.63) is 22.2 Å². The number of nitrogen functional groups attached to an aromatic ring is 1. The molecule has 0 bridgehead atoms. The molecule has 94 valence electrons. The zero-order chi connectivity index (χ0) is 12.3. The Kier molecular flexibility index (Phi) is 4.37. The van der Waals surface area contributed by atoms with E-state index in [1.54, 1.807) is 12.1 Å². The van der Waals surface area contributed by atoms with Crippen LogP contribution < -0.4 is 11.1 Å². The molecule has 0 atom stereocenters. The van der Waals surface area contributed by atoms with Crippen LogP contribution in [0.3, 0.4) is 0 Å². The van der Waals surface area contributed by atoms with E-state index in [-0.39, 0.29) is 0 Å². The molecule has 1 heterocycles. The van der Waals surface area contributed by atoms with Gasteiger partial charge < -0.3 is 16.0 Å². The van der Waals surface area contributed by atoms with E-state index in [4.69, 9.17) is 28.9 Å². The van der Waals surface area contributed by atoms with Crippen LogP contribution in [-0.4, -0.2) is 31.1 Å². The Labute approximate surface area is 112 Å². The predicted molar refractivity (Wildman–Crippen MR) is 75.0 cm³/mol. The van der Waals surface area contributed by atoms with Gasteiger partial charge in [0.1, 0.15) is 0 Å². The second-order valence-corrected chi connectivity index (χ2v) is 5.15. The Balaban J connectivity index is 1.89. The first-order valence-electron chi connectivity index (χ1n) is 5.87. The lowest BCUT2D eigenvalue weighted by Crippen LogP contribution is -2.26. The largest absolute Gasteiger partial charge is 0.399 e. The zero-order valence-corrected chi connectivity index (χ0v) is 11.2. The molecule has 1 saturated heterocycles. The van der Waals surface area contributed by atoms with E-state index >= 15 is 0 Å². The van der Waals surface area contributed by atoms with E-state index in [2.05, 4.69) is 10.2 Å². The van der Waals surface area contributed by atoms with Gasteiger partial charge in [0.25, 0.3) is 0 Å². The molecule has 0 aromatic heterocycles.